The zero-order valence-electron chi connectivity index (χ0n) is 18.3. The normalized spacial score (nSPS) is 16.9. The smallest absolute Gasteiger partial charge is 0.264 e. The van der Waals surface area contributed by atoms with Crippen molar-refractivity contribution in [2.45, 2.75) is 23.9 Å². The summed E-state index contributed by atoms with van der Waals surface area (Å²) in [4.78, 5) is 11.0. The van der Waals surface area contributed by atoms with E-state index in [2.05, 4.69) is 43.9 Å². The van der Waals surface area contributed by atoms with Crippen molar-refractivity contribution in [1.29, 1.82) is 0 Å². The topological polar surface area (TPSA) is 81.3 Å². The lowest BCUT2D eigenvalue weighted by molar-refractivity contribution is 0.326. The quantitative estimate of drug-likeness (QED) is 0.362. The minimum atomic E-state index is -4.06. The van der Waals surface area contributed by atoms with Gasteiger partial charge in [0.2, 0.25) is 0 Å². The molecule has 1 saturated heterocycles. The summed E-state index contributed by atoms with van der Waals surface area (Å²) in [6.45, 7) is 2.47. The fraction of sp³-hybridized carbons (Fsp3) is 0.261. The Morgan fingerprint density at radius 3 is 2.97 bits per heavy atom. The molecule has 0 radical (unpaired) electrons. The monoisotopic (exact) mass is 519 g/mol. The second-order valence-electron chi connectivity index (χ2n) is 8.40. The van der Waals surface area contributed by atoms with Gasteiger partial charge in [-0.05, 0) is 47.7 Å². The van der Waals surface area contributed by atoms with E-state index in [-0.39, 0.29) is 27.5 Å². The van der Waals surface area contributed by atoms with Gasteiger partial charge in [-0.2, -0.15) is 0 Å². The zero-order valence-corrected chi connectivity index (χ0v) is 20.7. The van der Waals surface area contributed by atoms with Gasteiger partial charge in [0, 0.05) is 49.8 Å². The summed E-state index contributed by atoms with van der Waals surface area (Å²) in [5.41, 5.74) is 4.12. The van der Waals surface area contributed by atoms with Gasteiger partial charge >= 0.3 is 0 Å². The number of H-pyrrole nitrogens is 1. The number of hydrogen-bond acceptors (Lipinski definition) is 6. The van der Waals surface area contributed by atoms with Crippen molar-refractivity contribution < 1.29 is 12.8 Å². The molecule has 0 saturated carbocycles. The molecule has 5 rings (SSSR count). The molecule has 0 spiro atoms. The molecule has 34 heavy (non-hydrogen) atoms. The van der Waals surface area contributed by atoms with Crippen molar-refractivity contribution in [3.8, 4) is 0 Å². The maximum atomic E-state index is 15.1. The first kappa shape index (κ1) is 23.1. The summed E-state index contributed by atoms with van der Waals surface area (Å²) >= 11 is 7.56. The van der Waals surface area contributed by atoms with E-state index in [0.29, 0.717) is 0 Å². The number of likely N-dealkylation sites (N-methyl/N-ethyl adjacent to an activating group) is 1. The molecule has 1 aliphatic rings. The van der Waals surface area contributed by atoms with Crippen LogP contribution >= 0.6 is 22.9 Å². The second kappa shape index (κ2) is 9.18. The fourth-order valence-corrected chi connectivity index (χ4v) is 6.47. The Bertz CT molecular complexity index is 1420. The minimum Gasteiger partial charge on any atom is -0.368 e. The van der Waals surface area contributed by atoms with Gasteiger partial charge in [0.05, 0.1) is 16.2 Å². The van der Waals surface area contributed by atoms with Crippen LogP contribution in [-0.2, 0) is 16.6 Å². The van der Waals surface area contributed by atoms with Gasteiger partial charge in [-0.1, -0.05) is 17.7 Å². The van der Waals surface area contributed by atoms with Gasteiger partial charge in [-0.15, -0.1) is 11.3 Å². The van der Waals surface area contributed by atoms with E-state index in [0.717, 1.165) is 37.6 Å². The van der Waals surface area contributed by atoms with Crippen molar-refractivity contribution in [1.82, 2.24) is 14.9 Å². The maximum absolute atomic E-state index is 15.1. The highest BCUT2D eigenvalue weighted by molar-refractivity contribution is 7.92. The van der Waals surface area contributed by atoms with Gasteiger partial charge < -0.3 is 9.88 Å². The van der Waals surface area contributed by atoms with Gasteiger partial charge in [-0.25, -0.2) is 17.8 Å². The third-order valence-corrected chi connectivity index (χ3v) is 8.57. The van der Waals surface area contributed by atoms with Crippen LogP contribution in [0.1, 0.15) is 12.0 Å². The average Bonchev–Trinajstić information content (AvgIpc) is 3.56. The van der Waals surface area contributed by atoms with E-state index in [4.69, 9.17) is 11.6 Å². The van der Waals surface area contributed by atoms with Crippen molar-refractivity contribution in [3.05, 3.63) is 69.9 Å². The van der Waals surface area contributed by atoms with Crippen molar-refractivity contribution >= 4 is 55.4 Å². The van der Waals surface area contributed by atoms with Gasteiger partial charge in [0.1, 0.15) is 10.7 Å². The van der Waals surface area contributed by atoms with Crippen molar-refractivity contribution in [2.75, 3.05) is 29.8 Å². The number of aromatic amines is 1. The number of rotatable bonds is 7. The molecule has 2 aromatic carbocycles. The molecule has 0 amide bonds. The first-order chi connectivity index (χ1) is 16.3. The van der Waals surface area contributed by atoms with E-state index >= 15 is 4.39 Å². The predicted molar refractivity (Wildman–Crippen MR) is 135 cm³/mol. The number of fused-ring (bicyclic) bond motifs is 1. The van der Waals surface area contributed by atoms with Gasteiger partial charge in [0.25, 0.3) is 10.0 Å². The standard InChI is InChI=1S/C23H23ClFN5O2S2/c1-29(17-5-7-30(12-17)11-15-2-3-20-16(8-15)4-6-26-20)21-9-18(24)22(10-19(21)25)34(31,32)28-23-13-33-14-27-23/h2-4,6,8-10,13-14,17,26,28H,5,7,11-12H2,1H3/t17-/m0/s1. The third-order valence-electron chi connectivity index (χ3n) is 6.16. The molecule has 11 heteroatoms. The number of sulfonamides is 1. The number of aromatic nitrogens is 2. The van der Waals surface area contributed by atoms with Crippen molar-refractivity contribution in [3.63, 3.8) is 0 Å². The van der Waals surface area contributed by atoms with Crippen LogP contribution in [0.15, 0.2) is 58.4 Å². The van der Waals surface area contributed by atoms with Crippen LogP contribution in [0.5, 0.6) is 0 Å². The number of nitrogens with zero attached hydrogens (tertiary/aromatic N) is 3. The number of nitrogens with one attached hydrogen (secondary N) is 2. The first-order valence-electron chi connectivity index (χ1n) is 10.7. The number of thiazole rings is 1. The predicted octanol–water partition coefficient (Wildman–Crippen LogP) is 4.93. The zero-order chi connectivity index (χ0) is 23.9. The summed E-state index contributed by atoms with van der Waals surface area (Å²) in [7, 11) is -2.24. The number of benzene rings is 2. The summed E-state index contributed by atoms with van der Waals surface area (Å²) < 4.78 is 42.7. The lowest BCUT2D eigenvalue weighted by Gasteiger charge is -2.28. The molecule has 3 heterocycles. The molecule has 1 aliphatic heterocycles. The molecule has 1 fully saturated rings. The first-order valence-corrected chi connectivity index (χ1v) is 13.5. The van der Waals surface area contributed by atoms with Crippen LogP contribution < -0.4 is 9.62 Å². The Kier molecular flexibility index (Phi) is 6.24. The summed E-state index contributed by atoms with van der Waals surface area (Å²) in [6.07, 6.45) is 2.80. The summed E-state index contributed by atoms with van der Waals surface area (Å²) in [6, 6.07) is 10.9. The molecular formula is C23H23ClFN5O2S2. The number of halogens is 2. The highest BCUT2D eigenvalue weighted by Crippen LogP contribution is 2.33. The van der Waals surface area contributed by atoms with E-state index in [1.807, 2.05) is 18.1 Å². The molecule has 2 N–H and O–H groups in total. The molecule has 0 aliphatic carbocycles. The molecule has 7 nitrogen and oxygen atoms in total. The Labute approximate surface area is 206 Å². The Morgan fingerprint density at radius 2 is 2.18 bits per heavy atom. The Balaban J connectivity index is 1.29. The molecule has 178 valence electrons. The number of hydrogen-bond donors (Lipinski definition) is 2. The van der Waals surface area contributed by atoms with Crippen molar-refractivity contribution in [2.24, 2.45) is 0 Å². The molecule has 0 unspecified atom stereocenters. The largest absolute Gasteiger partial charge is 0.368 e. The lowest BCUT2D eigenvalue weighted by atomic mass is 10.1. The van der Waals surface area contributed by atoms with Crippen LogP contribution in [0, 0.1) is 5.82 Å². The Hall–Kier alpha value is -2.66. The number of likely N-dealkylation sites (tertiary alicyclic amines) is 1. The van der Waals surface area contributed by atoms with Gasteiger partial charge in [-0.3, -0.25) is 9.62 Å². The highest BCUT2D eigenvalue weighted by atomic mass is 35.5. The Morgan fingerprint density at radius 1 is 1.32 bits per heavy atom. The van der Waals surface area contributed by atoms with Gasteiger partial charge in [0.15, 0.2) is 5.82 Å². The lowest BCUT2D eigenvalue weighted by Crippen LogP contribution is -2.35. The molecule has 4 aromatic rings. The molecular weight excluding hydrogens is 497 g/mol. The van der Waals surface area contributed by atoms with Crippen LogP contribution in [0.3, 0.4) is 0 Å². The van der Waals surface area contributed by atoms with E-state index in [9.17, 15) is 8.42 Å². The third kappa shape index (κ3) is 4.63. The van der Waals surface area contributed by atoms with E-state index < -0.39 is 15.8 Å². The van der Waals surface area contributed by atoms with E-state index in [1.54, 1.807) is 5.38 Å². The van der Waals surface area contributed by atoms with Crippen LogP contribution in [-0.4, -0.2) is 49.5 Å². The minimum absolute atomic E-state index is 0.0411. The number of anilines is 2. The SMILES string of the molecule is CN(c1cc(Cl)c(S(=O)(=O)Nc2cscn2)cc1F)[C@H]1CCN(Cc2ccc3[nH]ccc3c2)C1. The average molecular weight is 520 g/mol. The molecule has 2 aromatic heterocycles. The molecule has 1 atom stereocenters. The second-order valence-corrected chi connectivity index (χ2v) is 11.2. The van der Waals surface area contributed by atoms with Crippen LogP contribution in [0.2, 0.25) is 5.02 Å². The van der Waals surface area contributed by atoms with Crippen LogP contribution in [0.4, 0.5) is 15.9 Å². The van der Waals surface area contributed by atoms with Crippen LogP contribution in [0.25, 0.3) is 10.9 Å². The molecule has 0 bridgehead atoms. The summed E-state index contributed by atoms with van der Waals surface area (Å²) in [5.74, 6) is -0.466. The fourth-order valence-electron chi connectivity index (χ4n) is 4.38. The maximum Gasteiger partial charge on any atom is 0.264 e. The summed E-state index contributed by atoms with van der Waals surface area (Å²) in [5, 5.41) is 2.69. The highest BCUT2D eigenvalue weighted by Gasteiger charge is 2.29. The van der Waals surface area contributed by atoms with E-state index in [1.165, 1.54) is 33.9 Å².